The van der Waals surface area contributed by atoms with Gasteiger partial charge in [-0.3, -0.25) is 4.90 Å². The molecule has 2 fully saturated rings. The predicted molar refractivity (Wildman–Crippen MR) is 51.1 cm³/mol. The number of hydrogen-bond donors (Lipinski definition) is 0. The van der Waals surface area contributed by atoms with Crippen LogP contribution in [0.4, 0.5) is 0 Å². The molecule has 2 aliphatic rings. The fraction of sp³-hybridized carbons (Fsp3) is 1.00. The Balaban J connectivity index is 0.000000336. The molecule has 2 heterocycles. The van der Waals surface area contributed by atoms with Gasteiger partial charge in [0.1, 0.15) is 5.72 Å². The summed E-state index contributed by atoms with van der Waals surface area (Å²) in [4.78, 5) is 2.38. The maximum absolute atomic E-state index is 5.74. The van der Waals surface area contributed by atoms with Crippen molar-refractivity contribution < 1.29 is 4.74 Å². The summed E-state index contributed by atoms with van der Waals surface area (Å²) in [5, 5.41) is 0. The van der Waals surface area contributed by atoms with Gasteiger partial charge in [-0.25, -0.2) is 0 Å². The molecule has 0 aromatic heterocycles. The van der Waals surface area contributed by atoms with E-state index in [1.165, 1.54) is 32.2 Å². The summed E-state index contributed by atoms with van der Waals surface area (Å²) in [6.07, 6.45) is 5.08. The van der Waals surface area contributed by atoms with E-state index in [4.69, 9.17) is 4.74 Å². The van der Waals surface area contributed by atoms with Crippen molar-refractivity contribution >= 4 is 0 Å². The first-order valence-corrected chi connectivity index (χ1v) is 5.19. The molecule has 2 nitrogen and oxygen atoms in total. The quantitative estimate of drug-likeness (QED) is 0.554. The first kappa shape index (κ1) is 10.0. The second-order valence-corrected chi connectivity index (χ2v) is 3.42. The van der Waals surface area contributed by atoms with Crippen LogP contribution in [0.3, 0.4) is 0 Å². The van der Waals surface area contributed by atoms with E-state index in [1.54, 1.807) is 0 Å². The van der Waals surface area contributed by atoms with Crippen molar-refractivity contribution in [2.75, 3.05) is 20.2 Å². The molecule has 12 heavy (non-hydrogen) atoms. The monoisotopic (exact) mass is 171 g/mol. The maximum atomic E-state index is 5.74. The Morgan fingerprint density at radius 2 is 1.83 bits per heavy atom. The zero-order valence-electron chi connectivity index (χ0n) is 8.60. The van der Waals surface area contributed by atoms with Crippen LogP contribution in [0, 0.1) is 0 Å². The van der Waals surface area contributed by atoms with Crippen LogP contribution in [0.5, 0.6) is 0 Å². The van der Waals surface area contributed by atoms with Crippen molar-refractivity contribution in [1.29, 1.82) is 0 Å². The van der Waals surface area contributed by atoms with Crippen molar-refractivity contribution in [3.05, 3.63) is 0 Å². The summed E-state index contributed by atoms with van der Waals surface area (Å²) >= 11 is 0. The highest BCUT2D eigenvalue weighted by Gasteiger charge is 2.42. The molecule has 0 N–H and O–H groups in total. The summed E-state index contributed by atoms with van der Waals surface area (Å²) in [7, 11) is 2.18. The van der Waals surface area contributed by atoms with E-state index in [1.807, 2.05) is 13.8 Å². The standard InChI is InChI=1S/C8H15NO.C2H6/c1-9-6-2-4-8(9)5-3-7-10-8;1-2/h2-7H2,1H3;1-2H3. The van der Waals surface area contributed by atoms with Crippen molar-refractivity contribution in [2.45, 2.75) is 45.3 Å². The Labute approximate surface area is 75.9 Å². The average Bonchev–Trinajstić information content (AvgIpc) is 2.70. The Bertz CT molecular complexity index is 124. The SMILES string of the molecule is CC.CN1CCCC12CCCO2. The average molecular weight is 171 g/mol. The zero-order chi connectivity index (χ0) is 9.03. The van der Waals surface area contributed by atoms with E-state index in [9.17, 15) is 0 Å². The first-order chi connectivity index (χ1) is 5.83. The smallest absolute Gasteiger partial charge is 0.121 e. The molecular weight excluding hydrogens is 150 g/mol. The van der Waals surface area contributed by atoms with Crippen LogP contribution >= 0.6 is 0 Å². The van der Waals surface area contributed by atoms with Crippen molar-refractivity contribution in [1.82, 2.24) is 4.90 Å². The Kier molecular flexibility index (Phi) is 3.53. The lowest BCUT2D eigenvalue weighted by Gasteiger charge is -2.30. The van der Waals surface area contributed by atoms with Crippen LogP contribution in [-0.4, -0.2) is 30.8 Å². The van der Waals surface area contributed by atoms with Gasteiger partial charge in [0.25, 0.3) is 0 Å². The van der Waals surface area contributed by atoms with Crippen molar-refractivity contribution in [2.24, 2.45) is 0 Å². The van der Waals surface area contributed by atoms with E-state index < -0.39 is 0 Å². The highest BCUT2D eigenvalue weighted by atomic mass is 16.5. The maximum Gasteiger partial charge on any atom is 0.121 e. The van der Waals surface area contributed by atoms with Gasteiger partial charge in [0.15, 0.2) is 0 Å². The lowest BCUT2D eigenvalue weighted by molar-refractivity contribution is -0.0856. The summed E-state index contributed by atoms with van der Waals surface area (Å²) in [5.41, 5.74) is 0.181. The van der Waals surface area contributed by atoms with Crippen molar-refractivity contribution in [3.63, 3.8) is 0 Å². The fourth-order valence-corrected chi connectivity index (χ4v) is 2.17. The van der Waals surface area contributed by atoms with Gasteiger partial charge in [0.05, 0.1) is 0 Å². The zero-order valence-corrected chi connectivity index (χ0v) is 8.60. The van der Waals surface area contributed by atoms with E-state index >= 15 is 0 Å². The van der Waals surface area contributed by atoms with Crippen LogP contribution in [-0.2, 0) is 4.74 Å². The molecule has 2 rings (SSSR count). The lowest BCUT2D eigenvalue weighted by atomic mass is 10.1. The Morgan fingerprint density at radius 1 is 1.17 bits per heavy atom. The molecule has 0 saturated carbocycles. The molecule has 1 spiro atoms. The fourth-order valence-electron chi connectivity index (χ4n) is 2.17. The summed E-state index contributed by atoms with van der Waals surface area (Å²) in [5.74, 6) is 0. The van der Waals surface area contributed by atoms with Crippen LogP contribution in [0.1, 0.15) is 39.5 Å². The number of hydrogen-bond acceptors (Lipinski definition) is 2. The van der Waals surface area contributed by atoms with E-state index in [2.05, 4.69) is 11.9 Å². The highest BCUT2D eigenvalue weighted by Crippen LogP contribution is 2.37. The largest absolute Gasteiger partial charge is 0.360 e. The molecule has 2 heteroatoms. The highest BCUT2D eigenvalue weighted by molar-refractivity contribution is 4.88. The molecular formula is C10H21NO. The first-order valence-electron chi connectivity index (χ1n) is 5.19. The number of rotatable bonds is 0. The van der Waals surface area contributed by atoms with Gasteiger partial charge < -0.3 is 4.74 Å². The molecule has 72 valence electrons. The van der Waals surface area contributed by atoms with E-state index in [-0.39, 0.29) is 5.72 Å². The van der Waals surface area contributed by atoms with Crippen LogP contribution < -0.4 is 0 Å². The molecule has 2 aliphatic heterocycles. The Hall–Kier alpha value is -0.0800. The van der Waals surface area contributed by atoms with Gasteiger partial charge in [-0.05, 0) is 32.7 Å². The molecule has 0 aromatic rings. The third kappa shape index (κ3) is 1.64. The third-order valence-electron chi connectivity index (χ3n) is 2.84. The van der Waals surface area contributed by atoms with Crippen LogP contribution in [0.15, 0.2) is 0 Å². The van der Waals surface area contributed by atoms with Gasteiger partial charge >= 0.3 is 0 Å². The van der Waals surface area contributed by atoms with Crippen LogP contribution in [0.2, 0.25) is 0 Å². The lowest BCUT2D eigenvalue weighted by Crippen LogP contribution is -2.40. The minimum absolute atomic E-state index is 0.181. The molecule has 0 radical (unpaired) electrons. The van der Waals surface area contributed by atoms with E-state index in [0.717, 1.165) is 6.61 Å². The molecule has 1 unspecified atom stereocenters. The molecule has 2 saturated heterocycles. The summed E-state index contributed by atoms with van der Waals surface area (Å²) < 4.78 is 5.74. The molecule has 0 bridgehead atoms. The number of nitrogens with zero attached hydrogens (tertiary/aromatic N) is 1. The second-order valence-electron chi connectivity index (χ2n) is 3.42. The molecule has 0 amide bonds. The normalized spacial score (nSPS) is 35.2. The minimum Gasteiger partial charge on any atom is -0.360 e. The minimum atomic E-state index is 0.181. The Morgan fingerprint density at radius 3 is 2.25 bits per heavy atom. The topological polar surface area (TPSA) is 12.5 Å². The van der Waals surface area contributed by atoms with Gasteiger partial charge in [-0.2, -0.15) is 0 Å². The molecule has 0 aromatic carbocycles. The van der Waals surface area contributed by atoms with Gasteiger partial charge in [0, 0.05) is 13.2 Å². The predicted octanol–water partition coefficient (Wildman–Crippen LogP) is 2.24. The second kappa shape index (κ2) is 4.24. The third-order valence-corrected chi connectivity index (χ3v) is 2.84. The van der Waals surface area contributed by atoms with Crippen LogP contribution in [0.25, 0.3) is 0 Å². The molecule has 1 atom stereocenters. The molecule has 0 aliphatic carbocycles. The summed E-state index contributed by atoms with van der Waals surface area (Å²) in [6, 6.07) is 0. The van der Waals surface area contributed by atoms with Gasteiger partial charge in [-0.1, -0.05) is 13.8 Å². The number of ether oxygens (including phenoxy) is 1. The van der Waals surface area contributed by atoms with E-state index in [0.29, 0.717) is 0 Å². The number of likely N-dealkylation sites (tertiary alicyclic amines) is 1. The van der Waals surface area contributed by atoms with Gasteiger partial charge in [0.2, 0.25) is 0 Å². The summed E-state index contributed by atoms with van der Waals surface area (Å²) in [6.45, 7) is 6.20. The van der Waals surface area contributed by atoms with Crippen molar-refractivity contribution in [3.8, 4) is 0 Å². The van der Waals surface area contributed by atoms with Gasteiger partial charge in [-0.15, -0.1) is 0 Å².